The van der Waals surface area contributed by atoms with Crippen molar-refractivity contribution >= 4 is 0 Å². The molecule has 0 saturated heterocycles. The second kappa shape index (κ2) is 3.09. The molecule has 1 heterocycles. The van der Waals surface area contributed by atoms with Gasteiger partial charge in [0.1, 0.15) is 5.82 Å². The van der Waals surface area contributed by atoms with Gasteiger partial charge in [0, 0.05) is 23.9 Å². The molecule has 0 saturated carbocycles. The molecular weight excluding hydrogens is 157 g/mol. The molecular formula is C9H12FNO. The SMILES string of the molecule is Cc1cn(C(C)C)c(=O)cc1F. The van der Waals surface area contributed by atoms with Gasteiger partial charge in [-0.1, -0.05) is 0 Å². The van der Waals surface area contributed by atoms with Crippen LogP contribution in [0.1, 0.15) is 25.5 Å². The number of rotatable bonds is 1. The topological polar surface area (TPSA) is 22.0 Å². The van der Waals surface area contributed by atoms with Crippen LogP contribution in [0.3, 0.4) is 0 Å². The van der Waals surface area contributed by atoms with Gasteiger partial charge in [-0.3, -0.25) is 4.79 Å². The monoisotopic (exact) mass is 169 g/mol. The third kappa shape index (κ3) is 1.55. The van der Waals surface area contributed by atoms with Crippen molar-refractivity contribution < 1.29 is 4.39 Å². The lowest BCUT2D eigenvalue weighted by Gasteiger charge is -2.09. The molecule has 0 aliphatic heterocycles. The molecule has 0 amide bonds. The van der Waals surface area contributed by atoms with Gasteiger partial charge in [-0.25, -0.2) is 4.39 Å². The molecule has 3 heteroatoms. The van der Waals surface area contributed by atoms with E-state index in [1.54, 1.807) is 13.1 Å². The van der Waals surface area contributed by atoms with Crippen molar-refractivity contribution in [3.05, 3.63) is 34.0 Å². The van der Waals surface area contributed by atoms with Crippen molar-refractivity contribution in [3.63, 3.8) is 0 Å². The standard InChI is InChI=1S/C9H12FNO/c1-6(2)11-5-7(3)8(10)4-9(11)12/h4-6H,1-3H3. The predicted octanol–water partition coefficient (Wildman–Crippen LogP) is 1.88. The van der Waals surface area contributed by atoms with Crippen LogP contribution in [0.5, 0.6) is 0 Å². The summed E-state index contributed by atoms with van der Waals surface area (Å²) in [5.74, 6) is -0.433. The molecule has 0 N–H and O–H groups in total. The first-order valence-electron chi connectivity index (χ1n) is 3.90. The Morgan fingerprint density at radius 2 is 2.08 bits per heavy atom. The van der Waals surface area contributed by atoms with Crippen LogP contribution in [-0.4, -0.2) is 4.57 Å². The molecule has 1 rings (SSSR count). The van der Waals surface area contributed by atoms with Crippen molar-refractivity contribution in [2.24, 2.45) is 0 Å². The lowest BCUT2D eigenvalue weighted by Crippen LogP contribution is -2.21. The molecule has 0 unspecified atom stereocenters. The zero-order valence-corrected chi connectivity index (χ0v) is 7.47. The molecule has 2 nitrogen and oxygen atoms in total. The van der Waals surface area contributed by atoms with Crippen molar-refractivity contribution in [1.29, 1.82) is 0 Å². The molecule has 66 valence electrons. The minimum atomic E-state index is -0.433. The van der Waals surface area contributed by atoms with E-state index in [0.29, 0.717) is 5.56 Å². The van der Waals surface area contributed by atoms with Crippen LogP contribution in [0, 0.1) is 12.7 Å². The van der Waals surface area contributed by atoms with Crippen LogP contribution in [-0.2, 0) is 0 Å². The maximum Gasteiger partial charge on any atom is 0.253 e. The average molecular weight is 169 g/mol. The first kappa shape index (κ1) is 8.97. The summed E-state index contributed by atoms with van der Waals surface area (Å²) in [4.78, 5) is 11.2. The van der Waals surface area contributed by atoms with Gasteiger partial charge >= 0.3 is 0 Å². The molecule has 0 aromatic carbocycles. The van der Waals surface area contributed by atoms with Crippen molar-refractivity contribution in [2.75, 3.05) is 0 Å². The van der Waals surface area contributed by atoms with E-state index >= 15 is 0 Å². The van der Waals surface area contributed by atoms with Gasteiger partial charge in [-0.15, -0.1) is 0 Å². The molecule has 12 heavy (non-hydrogen) atoms. The number of aryl methyl sites for hydroxylation is 1. The Bertz CT molecular complexity index is 341. The van der Waals surface area contributed by atoms with Gasteiger partial charge in [0.15, 0.2) is 0 Å². The summed E-state index contributed by atoms with van der Waals surface area (Å²) in [6, 6.07) is 1.10. The number of hydrogen-bond donors (Lipinski definition) is 0. The van der Waals surface area contributed by atoms with Gasteiger partial charge in [-0.2, -0.15) is 0 Å². The Morgan fingerprint density at radius 3 is 2.58 bits per heavy atom. The Morgan fingerprint density at radius 1 is 1.50 bits per heavy atom. The molecule has 0 spiro atoms. The zero-order valence-electron chi connectivity index (χ0n) is 7.47. The summed E-state index contributed by atoms with van der Waals surface area (Å²) in [5.41, 5.74) is 0.219. The molecule has 1 aromatic heterocycles. The first-order chi connectivity index (χ1) is 5.52. The molecule has 0 aliphatic rings. The second-order valence-corrected chi connectivity index (χ2v) is 3.14. The summed E-state index contributed by atoms with van der Waals surface area (Å²) in [6.45, 7) is 5.42. The fraction of sp³-hybridized carbons (Fsp3) is 0.444. The van der Waals surface area contributed by atoms with Crippen LogP contribution >= 0.6 is 0 Å². The summed E-state index contributed by atoms with van der Waals surface area (Å²) in [5, 5.41) is 0. The predicted molar refractivity (Wildman–Crippen MR) is 45.8 cm³/mol. The highest BCUT2D eigenvalue weighted by Crippen LogP contribution is 2.05. The zero-order chi connectivity index (χ0) is 9.30. The highest BCUT2D eigenvalue weighted by molar-refractivity contribution is 5.10. The minimum absolute atomic E-state index is 0.0804. The second-order valence-electron chi connectivity index (χ2n) is 3.14. The van der Waals surface area contributed by atoms with E-state index in [2.05, 4.69) is 0 Å². The number of halogens is 1. The van der Waals surface area contributed by atoms with E-state index in [-0.39, 0.29) is 11.6 Å². The van der Waals surface area contributed by atoms with Crippen molar-refractivity contribution in [2.45, 2.75) is 26.8 Å². The molecule has 0 bridgehead atoms. The van der Waals surface area contributed by atoms with Crippen LogP contribution in [0.15, 0.2) is 17.1 Å². The summed E-state index contributed by atoms with van der Waals surface area (Å²) >= 11 is 0. The lowest BCUT2D eigenvalue weighted by molar-refractivity contribution is 0.550. The fourth-order valence-electron chi connectivity index (χ4n) is 1.03. The Hall–Kier alpha value is -1.12. The van der Waals surface area contributed by atoms with E-state index in [1.807, 2.05) is 13.8 Å². The van der Waals surface area contributed by atoms with Crippen LogP contribution < -0.4 is 5.56 Å². The van der Waals surface area contributed by atoms with Gasteiger partial charge < -0.3 is 4.57 Å². The highest BCUT2D eigenvalue weighted by Gasteiger charge is 2.04. The molecule has 0 radical (unpaired) electrons. The molecule has 1 aromatic rings. The number of nitrogens with zero attached hydrogens (tertiary/aromatic N) is 1. The summed E-state index contributed by atoms with van der Waals surface area (Å²) in [7, 11) is 0. The lowest BCUT2D eigenvalue weighted by atomic mass is 10.2. The van der Waals surface area contributed by atoms with Crippen LogP contribution in [0.2, 0.25) is 0 Å². The van der Waals surface area contributed by atoms with E-state index in [0.717, 1.165) is 6.07 Å². The van der Waals surface area contributed by atoms with E-state index in [1.165, 1.54) is 4.57 Å². The summed E-state index contributed by atoms with van der Waals surface area (Å²) < 4.78 is 14.3. The third-order valence-corrected chi connectivity index (χ3v) is 1.77. The normalized spacial score (nSPS) is 10.8. The number of hydrogen-bond acceptors (Lipinski definition) is 1. The highest BCUT2D eigenvalue weighted by atomic mass is 19.1. The van der Waals surface area contributed by atoms with Gasteiger partial charge in [-0.05, 0) is 20.8 Å². The van der Waals surface area contributed by atoms with Crippen LogP contribution in [0.25, 0.3) is 0 Å². The largest absolute Gasteiger partial charge is 0.313 e. The Kier molecular flexibility index (Phi) is 2.31. The molecule has 0 fully saturated rings. The summed E-state index contributed by atoms with van der Waals surface area (Å²) in [6.07, 6.45) is 1.54. The van der Waals surface area contributed by atoms with Crippen molar-refractivity contribution in [3.8, 4) is 0 Å². The maximum atomic E-state index is 12.8. The van der Waals surface area contributed by atoms with Gasteiger partial charge in [0.25, 0.3) is 5.56 Å². The minimum Gasteiger partial charge on any atom is -0.313 e. The first-order valence-corrected chi connectivity index (χ1v) is 3.90. The van der Waals surface area contributed by atoms with Gasteiger partial charge in [0.05, 0.1) is 0 Å². The smallest absolute Gasteiger partial charge is 0.253 e. The molecule has 0 atom stereocenters. The van der Waals surface area contributed by atoms with E-state index < -0.39 is 5.82 Å². The third-order valence-electron chi connectivity index (χ3n) is 1.77. The Balaban J connectivity index is 3.33. The fourth-order valence-corrected chi connectivity index (χ4v) is 1.03. The number of pyridine rings is 1. The maximum absolute atomic E-state index is 12.8. The van der Waals surface area contributed by atoms with E-state index in [4.69, 9.17) is 0 Å². The molecule has 0 aliphatic carbocycles. The van der Waals surface area contributed by atoms with Crippen LogP contribution in [0.4, 0.5) is 4.39 Å². The average Bonchev–Trinajstić information content (AvgIpc) is 1.96. The Labute approximate surface area is 70.6 Å². The van der Waals surface area contributed by atoms with Gasteiger partial charge in [0.2, 0.25) is 0 Å². The number of aromatic nitrogens is 1. The van der Waals surface area contributed by atoms with E-state index in [9.17, 15) is 9.18 Å². The quantitative estimate of drug-likeness (QED) is 0.629. The van der Waals surface area contributed by atoms with Crippen molar-refractivity contribution in [1.82, 2.24) is 4.57 Å².